The summed E-state index contributed by atoms with van der Waals surface area (Å²) in [5.41, 5.74) is 4.42. The summed E-state index contributed by atoms with van der Waals surface area (Å²) < 4.78 is 62.4. The third-order valence-electron chi connectivity index (χ3n) is 2.85. The summed E-state index contributed by atoms with van der Waals surface area (Å²) in [6, 6.07) is 5.67. The van der Waals surface area contributed by atoms with Gasteiger partial charge in [-0.15, -0.1) is 0 Å². The van der Waals surface area contributed by atoms with E-state index < -0.39 is 26.5 Å². The molecule has 0 atom stereocenters. The fourth-order valence-electron chi connectivity index (χ4n) is 1.87. The van der Waals surface area contributed by atoms with Crippen molar-refractivity contribution < 1.29 is 21.6 Å². The highest BCUT2D eigenvalue weighted by molar-refractivity contribution is 7.90. The van der Waals surface area contributed by atoms with Crippen LogP contribution in [-0.4, -0.2) is 19.7 Å². The minimum atomic E-state index is -4.71. The van der Waals surface area contributed by atoms with Gasteiger partial charge in [-0.25, -0.2) is 13.4 Å². The Morgan fingerprint density at radius 3 is 2.33 bits per heavy atom. The zero-order chi connectivity index (χ0) is 15.8. The van der Waals surface area contributed by atoms with Crippen LogP contribution in [-0.2, 0) is 16.0 Å². The molecule has 21 heavy (non-hydrogen) atoms. The summed E-state index contributed by atoms with van der Waals surface area (Å²) in [5, 5.41) is 0. The highest BCUT2D eigenvalue weighted by atomic mass is 32.2. The lowest BCUT2D eigenvalue weighted by Gasteiger charge is -2.15. The van der Waals surface area contributed by atoms with Crippen LogP contribution in [0.2, 0.25) is 0 Å². The van der Waals surface area contributed by atoms with Gasteiger partial charge in [0, 0.05) is 18.0 Å². The number of halogens is 3. The molecule has 0 aliphatic carbocycles. The van der Waals surface area contributed by atoms with Crippen molar-refractivity contribution in [2.45, 2.75) is 11.1 Å². The highest BCUT2D eigenvalue weighted by Crippen LogP contribution is 2.39. The third-order valence-corrected chi connectivity index (χ3v) is 3.96. The molecule has 0 aliphatic heterocycles. The zero-order valence-electron chi connectivity index (χ0n) is 10.8. The van der Waals surface area contributed by atoms with E-state index in [1.54, 1.807) is 0 Å². The molecule has 0 fully saturated rings. The predicted molar refractivity (Wildman–Crippen MR) is 72.2 cm³/mol. The van der Waals surface area contributed by atoms with Crippen molar-refractivity contribution in [3.63, 3.8) is 0 Å². The van der Waals surface area contributed by atoms with Crippen molar-refractivity contribution in [1.82, 2.24) is 4.98 Å². The molecule has 2 N–H and O–H groups in total. The standard InChI is InChI=1S/C13H11F3N2O2S/c1-21(19,20)8-4-5-9(11(7-8)13(14,15)16)10-3-2-6-18-12(10)17/h2-7H,1H3,(H2,17,18). The lowest BCUT2D eigenvalue weighted by molar-refractivity contribution is -0.137. The molecule has 0 saturated heterocycles. The van der Waals surface area contributed by atoms with Gasteiger partial charge in [0.1, 0.15) is 5.82 Å². The van der Waals surface area contributed by atoms with Crippen LogP contribution < -0.4 is 5.73 Å². The number of sulfone groups is 1. The number of hydrogen-bond acceptors (Lipinski definition) is 4. The Morgan fingerprint density at radius 2 is 1.81 bits per heavy atom. The molecule has 8 heteroatoms. The molecular formula is C13H11F3N2O2S. The van der Waals surface area contributed by atoms with Crippen molar-refractivity contribution in [3.05, 3.63) is 42.1 Å². The Bertz CT molecular complexity index is 786. The van der Waals surface area contributed by atoms with E-state index in [1.165, 1.54) is 18.3 Å². The average Bonchev–Trinajstić information content (AvgIpc) is 2.36. The first-order valence-electron chi connectivity index (χ1n) is 5.73. The zero-order valence-corrected chi connectivity index (χ0v) is 11.7. The third kappa shape index (κ3) is 3.15. The molecule has 2 rings (SSSR count). The van der Waals surface area contributed by atoms with Gasteiger partial charge in [-0.1, -0.05) is 6.07 Å². The van der Waals surface area contributed by atoms with E-state index in [0.29, 0.717) is 6.07 Å². The van der Waals surface area contributed by atoms with Crippen LogP contribution in [0.1, 0.15) is 5.56 Å². The van der Waals surface area contributed by atoms with Gasteiger partial charge in [-0.3, -0.25) is 0 Å². The number of hydrogen-bond donors (Lipinski definition) is 1. The number of alkyl halides is 3. The van der Waals surface area contributed by atoms with Gasteiger partial charge in [0.15, 0.2) is 9.84 Å². The normalized spacial score (nSPS) is 12.4. The Balaban J connectivity index is 2.76. The molecule has 0 unspecified atom stereocenters. The van der Waals surface area contributed by atoms with Crippen LogP contribution in [0.5, 0.6) is 0 Å². The summed E-state index contributed by atoms with van der Waals surface area (Å²) in [5.74, 6) is -0.0601. The van der Waals surface area contributed by atoms with Crippen LogP contribution >= 0.6 is 0 Å². The molecule has 2 aromatic rings. The number of aromatic nitrogens is 1. The molecule has 0 spiro atoms. The van der Waals surface area contributed by atoms with Crippen LogP contribution in [0.25, 0.3) is 11.1 Å². The first-order valence-corrected chi connectivity index (χ1v) is 7.62. The van der Waals surface area contributed by atoms with Crippen LogP contribution in [0.4, 0.5) is 19.0 Å². The van der Waals surface area contributed by atoms with E-state index in [4.69, 9.17) is 5.73 Å². The topological polar surface area (TPSA) is 73.0 Å². The first kappa shape index (κ1) is 15.3. The number of pyridine rings is 1. The quantitative estimate of drug-likeness (QED) is 0.924. The predicted octanol–water partition coefficient (Wildman–Crippen LogP) is 2.75. The summed E-state index contributed by atoms with van der Waals surface area (Å²) >= 11 is 0. The van der Waals surface area contributed by atoms with E-state index in [-0.39, 0.29) is 16.9 Å². The van der Waals surface area contributed by atoms with Crippen molar-refractivity contribution in [1.29, 1.82) is 0 Å². The average molecular weight is 316 g/mol. The Morgan fingerprint density at radius 1 is 1.14 bits per heavy atom. The fourth-order valence-corrected chi connectivity index (χ4v) is 2.52. The minimum absolute atomic E-state index is 0.0601. The largest absolute Gasteiger partial charge is 0.417 e. The second kappa shape index (κ2) is 5.03. The maximum Gasteiger partial charge on any atom is 0.417 e. The van der Waals surface area contributed by atoms with E-state index in [0.717, 1.165) is 18.4 Å². The molecule has 0 saturated carbocycles. The number of nitrogens with zero attached hydrogens (tertiary/aromatic N) is 1. The van der Waals surface area contributed by atoms with Gasteiger partial charge in [0.25, 0.3) is 0 Å². The molecule has 1 aromatic heterocycles. The van der Waals surface area contributed by atoms with Crippen LogP contribution in [0.3, 0.4) is 0 Å². The molecular weight excluding hydrogens is 305 g/mol. The summed E-state index contributed by atoms with van der Waals surface area (Å²) in [4.78, 5) is 3.34. The molecule has 0 amide bonds. The summed E-state index contributed by atoms with van der Waals surface area (Å²) in [6.07, 6.45) is -2.50. The van der Waals surface area contributed by atoms with Crippen molar-refractivity contribution in [2.75, 3.05) is 12.0 Å². The van der Waals surface area contributed by atoms with Gasteiger partial charge in [0.05, 0.1) is 10.5 Å². The Hall–Kier alpha value is -2.09. The smallest absolute Gasteiger partial charge is 0.383 e. The van der Waals surface area contributed by atoms with Crippen LogP contribution in [0.15, 0.2) is 41.4 Å². The maximum absolute atomic E-state index is 13.2. The lowest BCUT2D eigenvalue weighted by Crippen LogP contribution is -2.10. The van der Waals surface area contributed by atoms with Gasteiger partial charge >= 0.3 is 6.18 Å². The number of nitrogens with two attached hydrogens (primary N) is 1. The highest BCUT2D eigenvalue weighted by Gasteiger charge is 2.35. The monoisotopic (exact) mass is 316 g/mol. The van der Waals surface area contributed by atoms with E-state index in [1.807, 2.05) is 0 Å². The second-order valence-electron chi connectivity index (χ2n) is 4.41. The number of benzene rings is 1. The van der Waals surface area contributed by atoms with Gasteiger partial charge in [-0.2, -0.15) is 13.2 Å². The van der Waals surface area contributed by atoms with Crippen molar-refractivity contribution in [2.24, 2.45) is 0 Å². The maximum atomic E-state index is 13.2. The molecule has 112 valence electrons. The molecule has 1 aromatic carbocycles. The van der Waals surface area contributed by atoms with E-state index in [2.05, 4.69) is 4.98 Å². The second-order valence-corrected chi connectivity index (χ2v) is 6.43. The first-order chi connectivity index (χ1) is 9.60. The SMILES string of the molecule is CS(=O)(=O)c1ccc(-c2cccnc2N)c(C(F)(F)F)c1. The van der Waals surface area contributed by atoms with E-state index in [9.17, 15) is 21.6 Å². The molecule has 0 bridgehead atoms. The Labute approximate surface area is 119 Å². The number of anilines is 1. The minimum Gasteiger partial charge on any atom is -0.383 e. The van der Waals surface area contributed by atoms with Crippen molar-refractivity contribution in [3.8, 4) is 11.1 Å². The number of nitrogen functional groups attached to an aromatic ring is 1. The molecule has 0 radical (unpaired) electrons. The summed E-state index contributed by atoms with van der Waals surface area (Å²) in [6.45, 7) is 0. The number of rotatable bonds is 2. The van der Waals surface area contributed by atoms with Crippen molar-refractivity contribution >= 4 is 15.7 Å². The summed E-state index contributed by atoms with van der Waals surface area (Å²) in [7, 11) is -3.74. The molecule has 0 aliphatic rings. The van der Waals surface area contributed by atoms with E-state index >= 15 is 0 Å². The van der Waals surface area contributed by atoms with Gasteiger partial charge in [0.2, 0.25) is 0 Å². The lowest BCUT2D eigenvalue weighted by atomic mass is 10.00. The Kier molecular flexibility index (Phi) is 3.66. The molecule has 1 heterocycles. The van der Waals surface area contributed by atoms with Crippen LogP contribution in [0, 0.1) is 0 Å². The van der Waals surface area contributed by atoms with Gasteiger partial charge < -0.3 is 5.73 Å². The van der Waals surface area contributed by atoms with Gasteiger partial charge in [-0.05, 0) is 29.8 Å². The fraction of sp³-hybridized carbons (Fsp3) is 0.154. The molecule has 4 nitrogen and oxygen atoms in total.